The molecule has 7 heteroatoms. The van der Waals surface area contributed by atoms with Gasteiger partial charge in [0, 0.05) is 11.6 Å². The van der Waals surface area contributed by atoms with Crippen molar-refractivity contribution in [3.05, 3.63) is 68.0 Å². The highest BCUT2D eigenvalue weighted by Gasteiger charge is 2.17. The van der Waals surface area contributed by atoms with Crippen LogP contribution >= 0.6 is 22.9 Å². The number of nitrogens with one attached hydrogen (secondary N) is 1. The first-order valence-corrected chi connectivity index (χ1v) is 9.98. The maximum Gasteiger partial charge on any atom is 0.292 e. The quantitative estimate of drug-likeness (QED) is 0.695. The molecule has 1 aromatic carbocycles. The van der Waals surface area contributed by atoms with Crippen LogP contribution in [-0.2, 0) is 6.54 Å². The van der Waals surface area contributed by atoms with Gasteiger partial charge in [0.05, 0.1) is 24.1 Å². The lowest BCUT2D eigenvalue weighted by Gasteiger charge is -2.12. The topological polar surface area (TPSA) is 59.8 Å². The Bertz CT molecular complexity index is 931. The van der Waals surface area contributed by atoms with Crippen molar-refractivity contribution in [3.8, 4) is 5.69 Å². The van der Waals surface area contributed by atoms with Crippen molar-refractivity contribution in [2.45, 2.75) is 38.1 Å². The molecular formula is C19H19ClN4OS. The van der Waals surface area contributed by atoms with E-state index < -0.39 is 0 Å². The maximum absolute atomic E-state index is 12.6. The molecule has 0 bridgehead atoms. The van der Waals surface area contributed by atoms with Crippen LogP contribution in [0.4, 0.5) is 5.69 Å². The zero-order valence-electron chi connectivity index (χ0n) is 14.2. The summed E-state index contributed by atoms with van der Waals surface area (Å²) < 4.78 is 1.34. The molecule has 4 rings (SSSR count). The van der Waals surface area contributed by atoms with E-state index >= 15 is 0 Å². The Morgan fingerprint density at radius 2 is 2.00 bits per heavy atom. The number of halogens is 1. The minimum Gasteiger partial charge on any atom is -0.376 e. The van der Waals surface area contributed by atoms with Crippen molar-refractivity contribution in [2.75, 3.05) is 5.32 Å². The lowest BCUT2D eigenvalue weighted by Crippen LogP contribution is -2.22. The number of thiazole rings is 1. The van der Waals surface area contributed by atoms with E-state index in [1.54, 1.807) is 23.7 Å². The number of anilines is 1. The van der Waals surface area contributed by atoms with Gasteiger partial charge in [-0.05, 0) is 36.5 Å². The van der Waals surface area contributed by atoms with Gasteiger partial charge in [0.1, 0.15) is 10.0 Å². The second-order valence-corrected chi connectivity index (χ2v) is 7.80. The summed E-state index contributed by atoms with van der Waals surface area (Å²) in [6.07, 6.45) is 8.44. The Morgan fingerprint density at radius 1 is 1.23 bits per heavy atom. The van der Waals surface area contributed by atoms with Crippen LogP contribution in [0.25, 0.3) is 5.69 Å². The van der Waals surface area contributed by atoms with Crippen LogP contribution in [0.2, 0.25) is 5.02 Å². The van der Waals surface area contributed by atoms with E-state index in [9.17, 15) is 4.79 Å². The van der Waals surface area contributed by atoms with E-state index in [-0.39, 0.29) is 10.6 Å². The molecule has 1 fully saturated rings. The second-order valence-electron chi connectivity index (χ2n) is 6.44. The molecule has 0 spiro atoms. The van der Waals surface area contributed by atoms with Crippen molar-refractivity contribution >= 4 is 28.6 Å². The molecular weight excluding hydrogens is 368 g/mol. The van der Waals surface area contributed by atoms with E-state index in [1.807, 2.05) is 17.5 Å². The number of hydrogen-bond donors (Lipinski definition) is 1. The van der Waals surface area contributed by atoms with Crippen molar-refractivity contribution < 1.29 is 0 Å². The molecule has 134 valence electrons. The summed E-state index contributed by atoms with van der Waals surface area (Å²) in [5.74, 6) is 0.648. The number of nitrogens with zero attached hydrogens (tertiary/aromatic N) is 3. The van der Waals surface area contributed by atoms with Gasteiger partial charge in [-0.15, -0.1) is 11.3 Å². The van der Waals surface area contributed by atoms with Crippen LogP contribution in [0.3, 0.4) is 0 Å². The zero-order chi connectivity index (χ0) is 17.9. The number of aromatic nitrogens is 3. The van der Waals surface area contributed by atoms with Crippen molar-refractivity contribution in [1.82, 2.24) is 14.8 Å². The molecule has 5 nitrogen and oxygen atoms in total. The van der Waals surface area contributed by atoms with Gasteiger partial charge in [-0.25, -0.2) is 4.98 Å². The molecule has 1 aliphatic rings. The average Bonchev–Trinajstić information content (AvgIpc) is 3.37. The van der Waals surface area contributed by atoms with Gasteiger partial charge in [0.15, 0.2) is 0 Å². The Morgan fingerprint density at radius 3 is 2.69 bits per heavy atom. The van der Waals surface area contributed by atoms with Crippen molar-refractivity contribution in [3.63, 3.8) is 0 Å². The SMILES string of the molecule is O=c1c(Cl)c(NCc2nccs2)cnn1-c1ccc(C2CCCC2)cc1. The average molecular weight is 387 g/mol. The van der Waals surface area contributed by atoms with E-state index in [4.69, 9.17) is 11.6 Å². The lowest BCUT2D eigenvalue weighted by atomic mass is 9.98. The molecule has 2 heterocycles. The molecule has 2 aromatic heterocycles. The molecule has 0 saturated heterocycles. The van der Waals surface area contributed by atoms with E-state index in [0.29, 0.717) is 18.2 Å². The molecule has 0 radical (unpaired) electrons. The summed E-state index contributed by atoms with van der Waals surface area (Å²) in [5.41, 5.74) is 2.26. The normalized spacial score (nSPS) is 14.7. The fourth-order valence-corrected chi connectivity index (χ4v) is 4.15. The van der Waals surface area contributed by atoms with Crippen LogP contribution in [0.1, 0.15) is 42.2 Å². The molecule has 26 heavy (non-hydrogen) atoms. The standard InChI is InChI=1S/C19H19ClN4OS/c20-18-16(22-12-17-21-9-10-26-17)11-23-24(19(18)25)15-7-5-14(6-8-15)13-3-1-2-4-13/h5-11,13,22H,1-4,12H2. The highest BCUT2D eigenvalue weighted by atomic mass is 35.5. The van der Waals surface area contributed by atoms with E-state index in [0.717, 1.165) is 10.7 Å². The Labute approximate surface area is 160 Å². The fourth-order valence-electron chi connectivity index (χ4n) is 3.40. The summed E-state index contributed by atoms with van der Waals surface area (Å²) in [6.45, 7) is 0.513. The molecule has 0 unspecified atom stereocenters. The van der Waals surface area contributed by atoms with Gasteiger partial charge in [-0.2, -0.15) is 9.78 Å². The van der Waals surface area contributed by atoms with Gasteiger partial charge >= 0.3 is 0 Å². The smallest absolute Gasteiger partial charge is 0.292 e. The molecule has 0 aliphatic heterocycles. The number of benzene rings is 1. The largest absolute Gasteiger partial charge is 0.376 e. The molecule has 1 N–H and O–H groups in total. The third kappa shape index (κ3) is 3.52. The molecule has 1 aliphatic carbocycles. The number of rotatable bonds is 5. The van der Waals surface area contributed by atoms with Crippen LogP contribution in [0, 0.1) is 0 Å². The Hall–Kier alpha value is -2.18. The minimum atomic E-state index is -0.329. The number of hydrogen-bond acceptors (Lipinski definition) is 5. The summed E-state index contributed by atoms with van der Waals surface area (Å²) in [4.78, 5) is 16.8. The first kappa shape index (κ1) is 17.2. The van der Waals surface area contributed by atoms with Gasteiger partial charge in [-0.1, -0.05) is 36.6 Å². The predicted molar refractivity (Wildman–Crippen MR) is 105 cm³/mol. The first-order valence-electron chi connectivity index (χ1n) is 8.73. The van der Waals surface area contributed by atoms with Crippen LogP contribution in [0.15, 0.2) is 46.8 Å². The van der Waals surface area contributed by atoms with Gasteiger partial charge in [0.25, 0.3) is 5.56 Å². The lowest BCUT2D eigenvalue weighted by molar-refractivity contribution is 0.721. The summed E-state index contributed by atoms with van der Waals surface area (Å²) >= 11 is 7.81. The molecule has 0 amide bonds. The van der Waals surface area contributed by atoms with Crippen molar-refractivity contribution in [1.29, 1.82) is 0 Å². The minimum absolute atomic E-state index is 0.136. The zero-order valence-corrected chi connectivity index (χ0v) is 15.8. The highest BCUT2D eigenvalue weighted by Crippen LogP contribution is 2.34. The van der Waals surface area contributed by atoms with Crippen molar-refractivity contribution in [2.24, 2.45) is 0 Å². The maximum atomic E-state index is 12.6. The van der Waals surface area contributed by atoms with E-state index in [1.165, 1.54) is 35.9 Å². The third-order valence-corrected chi connectivity index (χ3v) is 5.94. The second kappa shape index (κ2) is 7.60. The Kier molecular flexibility index (Phi) is 5.04. The molecule has 1 saturated carbocycles. The molecule has 3 aromatic rings. The Balaban J connectivity index is 1.55. The summed E-state index contributed by atoms with van der Waals surface area (Å²) in [6, 6.07) is 8.09. The fraction of sp³-hybridized carbons (Fsp3) is 0.316. The predicted octanol–water partition coefficient (Wildman–Crippen LogP) is 4.61. The van der Waals surface area contributed by atoms with Gasteiger partial charge in [-0.3, -0.25) is 4.79 Å². The molecule has 0 atom stereocenters. The van der Waals surface area contributed by atoms with Crippen LogP contribution in [-0.4, -0.2) is 14.8 Å². The third-order valence-electron chi connectivity index (χ3n) is 4.80. The first-order chi connectivity index (χ1) is 12.7. The van der Waals surface area contributed by atoms with Crippen LogP contribution < -0.4 is 10.9 Å². The van der Waals surface area contributed by atoms with Gasteiger partial charge in [0.2, 0.25) is 0 Å². The summed E-state index contributed by atoms with van der Waals surface area (Å²) in [7, 11) is 0. The highest BCUT2D eigenvalue weighted by molar-refractivity contribution is 7.09. The van der Waals surface area contributed by atoms with E-state index in [2.05, 4.69) is 27.5 Å². The monoisotopic (exact) mass is 386 g/mol. The van der Waals surface area contributed by atoms with Gasteiger partial charge < -0.3 is 5.32 Å². The summed E-state index contributed by atoms with van der Waals surface area (Å²) in [5, 5.41) is 10.4. The van der Waals surface area contributed by atoms with Crippen LogP contribution in [0.5, 0.6) is 0 Å².